The third-order valence-corrected chi connectivity index (χ3v) is 5.55. The molecule has 1 fully saturated rings. The van der Waals surface area contributed by atoms with Crippen LogP contribution in [0.25, 0.3) is 0 Å². The minimum atomic E-state index is -0.776. The number of hydrogen-bond donors (Lipinski definition) is 1. The lowest BCUT2D eigenvalue weighted by molar-refractivity contribution is -0.154. The average molecular weight is 329 g/mol. The molecular weight excluding hydrogens is 310 g/mol. The van der Waals surface area contributed by atoms with Crippen molar-refractivity contribution in [3.05, 3.63) is 34.9 Å². The molecule has 3 heterocycles. The van der Waals surface area contributed by atoms with Crippen molar-refractivity contribution in [1.29, 1.82) is 0 Å². The number of carbonyl (C=O) groups is 1. The van der Waals surface area contributed by atoms with E-state index < -0.39 is 12.2 Å². The summed E-state index contributed by atoms with van der Waals surface area (Å²) in [6.45, 7) is 3.42. The van der Waals surface area contributed by atoms with Gasteiger partial charge in [-0.15, -0.1) is 0 Å². The van der Waals surface area contributed by atoms with Gasteiger partial charge in [0.1, 0.15) is 12.2 Å². The fourth-order valence-electron chi connectivity index (χ4n) is 4.67. The maximum Gasteiger partial charge on any atom is 0.303 e. The van der Waals surface area contributed by atoms with Gasteiger partial charge in [0, 0.05) is 32.0 Å². The molecule has 6 heteroatoms. The van der Waals surface area contributed by atoms with E-state index in [2.05, 4.69) is 4.90 Å². The molecule has 0 spiro atoms. The lowest BCUT2D eigenvalue weighted by Crippen LogP contribution is -2.51. The fourth-order valence-corrected chi connectivity index (χ4v) is 4.67. The van der Waals surface area contributed by atoms with E-state index in [0.29, 0.717) is 0 Å². The van der Waals surface area contributed by atoms with Crippen molar-refractivity contribution in [2.45, 2.75) is 44.1 Å². The average Bonchev–Trinajstić information content (AvgIpc) is 3.15. The minimum Gasteiger partial charge on any atom is -0.459 e. The zero-order chi connectivity index (χ0) is 16.4. The summed E-state index contributed by atoms with van der Waals surface area (Å²) in [5.74, 6) is 1.05. The van der Waals surface area contributed by atoms with E-state index in [1.165, 1.54) is 12.5 Å². The first-order valence-electron chi connectivity index (χ1n) is 8.34. The topological polar surface area (TPSA) is 68.2 Å². The molecule has 4 atom stereocenters. The number of esters is 1. The quantitative estimate of drug-likeness (QED) is 0.619. The summed E-state index contributed by atoms with van der Waals surface area (Å²) in [4.78, 5) is 14.0. The van der Waals surface area contributed by atoms with Crippen LogP contribution in [0, 0.1) is 0 Å². The van der Waals surface area contributed by atoms with Gasteiger partial charge in [0.2, 0.25) is 6.79 Å². The van der Waals surface area contributed by atoms with E-state index >= 15 is 0 Å². The maximum absolute atomic E-state index is 11.6. The summed E-state index contributed by atoms with van der Waals surface area (Å²) in [5, 5.41) is 10.6. The minimum absolute atomic E-state index is 0.0790. The number of carbonyl (C=O) groups excluding carboxylic acids is 1. The van der Waals surface area contributed by atoms with E-state index in [4.69, 9.17) is 14.2 Å². The van der Waals surface area contributed by atoms with Crippen LogP contribution >= 0.6 is 0 Å². The maximum atomic E-state index is 11.6. The normalized spacial score (nSPS) is 32.8. The van der Waals surface area contributed by atoms with Gasteiger partial charge in [0.25, 0.3) is 0 Å². The highest BCUT2D eigenvalue weighted by molar-refractivity contribution is 5.66. The molecule has 0 radical (unpaired) electrons. The molecule has 3 aliphatic heterocycles. The van der Waals surface area contributed by atoms with E-state index in [-0.39, 0.29) is 24.7 Å². The van der Waals surface area contributed by atoms with Crippen molar-refractivity contribution in [2.75, 3.05) is 13.3 Å². The van der Waals surface area contributed by atoms with Gasteiger partial charge in [-0.1, -0.05) is 11.6 Å². The Morgan fingerprint density at radius 3 is 2.92 bits per heavy atom. The van der Waals surface area contributed by atoms with Crippen LogP contribution in [0.15, 0.2) is 23.8 Å². The van der Waals surface area contributed by atoms with Crippen LogP contribution in [0.1, 0.15) is 30.4 Å². The Labute approximate surface area is 139 Å². The van der Waals surface area contributed by atoms with Gasteiger partial charge < -0.3 is 19.3 Å². The SMILES string of the molecule is CC(=O)O[C@@H]1[C@@H](O)C=C2CCN3Cc4cc5c(cc4[C@H]1C23)OCO5. The van der Waals surface area contributed by atoms with E-state index in [0.717, 1.165) is 42.1 Å². The molecular formula is C18H19NO5. The molecule has 0 saturated carbocycles. The number of hydrogen-bond acceptors (Lipinski definition) is 6. The Hall–Kier alpha value is -2.05. The molecule has 1 aromatic carbocycles. The highest BCUT2D eigenvalue weighted by Gasteiger charge is 2.50. The fraction of sp³-hybridized carbons (Fsp3) is 0.500. The lowest BCUT2D eigenvalue weighted by Gasteiger charge is -2.45. The number of rotatable bonds is 1. The standard InChI is InChI=1S/C18H19NO5/c1-9(20)24-18-13(21)4-10-2-3-19-7-11-5-14-15(23-8-22-14)6-12(11)16(18)17(10)19/h4-6,13,16-18,21H,2-3,7-8H2,1H3/t13-,16-,17?,18+/m0/s1. The largest absolute Gasteiger partial charge is 0.459 e. The van der Waals surface area contributed by atoms with Crippen molar-refractivity contribution in [2.24, 2.45) is 0 Å². The third-order valence-electron chi connectivity index (χ3n) is 5.55. The van der Waals surface area contributed by atoms with Crippen molar-refractivity contribution in [3.63, 3.8) is 0 Å². The summed E-state index contributed by atoms with van der Waals surface area (Å²) in [6.07, 6.45) is 1.48. The molecule has 1 aliphatic carbocycles. The first kappa shape index (κ1) is 14.3. The molecule has 1 N–H and O–H groups in total. The molecule has 0 amide bonds. The Morgan fingerprint density at radius 1 is 1.33 bits per heavy atom. The van der Waals surface area contributed by atoms with Gasteiger partial charge in [-0.2, -0.15) is 0 Å². The Morgan fingerprint density at radius 2 is 2.12 bits per heavy atom. The van der Waals surface area contributed by atoms with Gasteiger partial charge >= 0.3 is 5.97 Å². The molecule has 1 unspecified atom stereocenters. The predicted molar refractivity (Wildman–Crippen MR) is 83.8 cm³/mol. The molecule has 24 heavy (non-hydrogen) atoms. The third kappa shape index (κ3) is 1.93. The second-order valence-corrected chi connectivity index (χ2v) is 6.90. The lowest BCUT2D eigenvalue weighted by atomic mass is 9.73. The van der Waals surface area contributed by atoms with Crippen molar-refractivity contribution < 1.29 is 24.1 Å². The van der Waals surface area contributed by atoms with Crippen LogP contribution in [0.2, 0.25) is 0 Å². The molecule has 126 valence electrons. The van der Waals surface area contributed by atoms with E-state index in [1.807, 2.05) is 18.2 Å². The molecule has 6 nitrogen and oxygen atoms in total. The summed E-state index contributed by atoms with van der Waals surface area (Å²) >= 11 is 0. The van der Waals surface area contributed by atoms with Crippen molar-refractivity contribution >= 4 is 5.97 Å². The zero-order valence-electron chi connectivity index (χ0n) is 13.4. The predicted octanol–water partition coefficient (Wildman–Crippen LogP) is 1.32. The van der Waals surface area contributed by atoms with Gasteiger partial charge in [0.05, 0.1) is 0 Å². The van der Waals surface area contributed by atoms with Crippen molar-refractivity contribution in [3.8, 4) is 11.5 Å². The van der Waals surface area contributed by atoms with Crippen LogP contribution in [-0.4, -0.2) is 47.6 Å². The monoisotopic (exact) mass is 329 g/mol. The Bertz CT molecular complexity index is 758. The van der Waals surface area contributed by atoms with Gasteiger partial charge in [-0.05, 0) is 29.7 Å². The molecule has 1 aromatic rings. The number of ether oxygens (including phenoxy) is 3. The van der Waals surface area contributed by atoms with Crippen LogP contribution in [-0.2, 0) is 16.1 Å². The van der Waals surface area contributed by atoms with Gasteiger partial charge in [-0.25, -0.2) is 0 Å². The molecule has 1 saturated heterocycles. The highest BCUT2D eigenvalue weighted by Crippen LogP contribution is 2.50. The number of aliphatic hydroxyl groups excluding tert-OH is 1. The molecule has 0 bridgehead atoms. The van der Waals surface area contributed by atoms with E-state index in [1.54, 1.807) is 0 Å². The number of aliphatic hydroxyl groups is 1. The first-order valence-corrected chi connectivity index (χ1v) is 8.34. The summed E-state index contributed by atoms with van der Waals surface area (Å²) in [5.41, 5.74) is 3.51. The Balaban J connectivity index is 1.66. The van der Waals surface area contributed by atoms with Crippen LogP contribution in [0.4, 0.5) is 0 Å². The van der Waals surface area contributed by atoms with Gasteiger partial charge in [0.15, 0.2) is 11.5 Å². The van der Waals surface area contributed by atoms with Crippen molar-refractivity contribution in [1.82, 2.24) is 4.90 Å². The Kier molecular flexibility index (Phi) is 2.96. The van der Waals surface area contributed by atoms with Crippen LogP contribution in [0.5, 0.6) is 11.5 Å². The number of fused-ring (bicyclic) bond motifs is 3. The molecule has 0 aromatic heterocycles. The van der Waals surface area contributed by atoms with Crippen LogP contribution in [0.3, 0.4) is 0 Å². The molecule has 4 aliphatic rings. The summed E-state index contributed by atoms with van der Waals surface area (Å²) in [7, 11) is 0. The highest BCUT2D eigenvalue weighted by atomic mass is 16.7. The zero-order valence-corrected chi connectivity index (χ0v) is 13.4. The van der Waals surface area contributed by atoms with E-state index in [9.17, 15) is 9.90 Å². The van der Waals surface area contributed by atoms with Gasteiger partial charge in [-0.3, -0.25) is 9.69 Å². The smallest absolute Gasteiger partial charge is 0.303 e. The van der Waals surface area contributed by atoms with Crippen LogP contribution < -0.4 is 9.47 Å². The summed E-state index contributed by atoms with van der Waals surface area (Å²) in [6, 6.07) is 4.22. The number of benzene rings is 1. The second-order valence-electron chi connectivity index (χ2n) is 6.90. The number of nitrogens with zero attached hydrogens (tertiary/aromatic N) is 1. The summed E-state index contributed by atoms with van der Waals surface area (Å²) < 4.78 is 16.6. The molecule has 5 rings (SSSR count). The second kappa shape index (κ2) is 4.97. The first-order chi connectivity index (χ1) is 11.6.